The number of nitrogens with zero attached hydrogens (tertiary/aromatic N) is 2. The summed E-state index contributed by atoms with van der Waals surface area (Å²) < 4.78 is 1.86. The van der Waals surface area contributed by atoms with Crippen molar-refractivity contribution in [1.29, 1.82) is 0 Å². The lowest BCUT2D eigenvalue weighted by Crippen LogP contribution is -2.07. The van der Waals surface area contributed by atoms with Crippen molar-refractivity contribution in [2.75, 3.05) is 5.32 Å². The third kappa shape index (κ3) is 4.30. The maximum absolute atomic E-state index is 12.2. The SMILES string of the molecule is O=C(/C=C/c1cnn(Cc2ccccc2)c1)Nc1ccc2ccccc2c1. The van der Waals surface area contributed by atoms with E-state index in [1.807, 2.05) is 71.5 Å². The van der Waals surface area contributed by atoms with Crippen molar-refractivity contribution >= 4 is 28.4 Å². The Balaban J connectivity index is 1.39. The Morgan fingerprint density at radius 3 is 2.59 bits per heavy atom. The second-order valence-electron chi connectivity index (χ2n) is 6.34. The fourth-order valence-corrected chi connectivity index (χ4v) is 2.95. The first kappa shape index (κ1) is 16.8. The molecule has 0 saturated heterocycles. The van der Waals surface area contributed by atoms with Gasteiger partial charge in [0.1, 0.15) is 0 Å². The molecule has 1 aromatic heterocycles. The van der Waals surface area contributed by atoms with Gasteiger partial charge in [-0.2, -0.15) is 5.10 Å². The quantitative estimate of drug-likeness (QED) is 0.527. The number of aromatic nitrogens is 2. The highest BCUT2D eigenvalue weighted by Crippen LogP contribution is 2.18. The average molecular weight is 353 g/mol. The molecule has 1 amide bonds. The Morgan fingerprint density at radius 1 is 0.963 bits per heavy atom. The number of fused-ring (bicyclic) bond motifs is 1. The van der Waals surface area contributed by atoms with Gasteiger partial charge in [0, 0.05) is 23.5 Å². The summed E-state index contributed by atoms with van der Waals surface area (Å²) in [5, 5.41) is 9.49. The highest BCUT2D eigenvalue weighted by Gasteiger charge is 2.01. The Morgan fingerprint density at radius 2 is 1.74 bits per heavy atom. The summed E-state index contributed by atoms with van der Waals surface area (Å²) in [7, 11) is 0. The molecule has 3 aromatic carbocycles. The maximum Gasteiger partial charge on any atom is 0.248 e. The molecule has 0 spiro atoms. The second kappa shape index (κ2) is 7.70. The van der Waals surface area contributed by atoms with Crippen LogP contribution in [0.3, 0.4) is 0 Å². The van der Waals surface area contributed by atoms with Crippen LogP contribution in [0.25, 0.3) is 16.8 Å². The van der Waals surface area contributed by atoms with E-state index in [0.717, 1.165) is 22.0 Å². The number of benzene rings is 3. The first-order chi connectivity index (χ1) is 13.3. The van der Waals surface area contributed by atoms with Crippen LogP contribution in [0.5, 0.6) is 0 Å². The molecule has 1 N–H and O–H groups in total. The van der Waals surface area contributed by atoms with E-state index in [-0.39, 0.29) is 5.91 Å². The number of rotatable bonds is 5. The van der Waals surface area contributed by atoms with E-state index in [1.54, 1.807) is 12.3 Å². The van der Waals surface area contributed by atoms with Crippen LogP contribution in [0.2, 0.25) is 0 Å². The lowest BCUT2D eigenvalue weighted by Gasteiger charge is -2.04. The molecule has 0 saturated carbocycles. The van der Waals surface area contributed by atoms with Crippen molar-refractivity contribution in [2.24, 2.45) is 0 Å². The summed E-state index contributed by atoms with van der Waals surface area (Å²) in [4.78, 5) is 12.2. The van der Waals surface area contributed by atoms with Crippen LogP contribution in [0, 0.1) is 0 Å². The number of anilines is 1. The molecule has 1 heterocycles. The van der Waals surface area contributed by atoms with Gasteiger partial charge in [0.15, 0.2) is 0 Å². The van der Waals surface area contributed by atoms with E-state index >= 15 is 0 Å². The third-order valence-corrected chi connectivity index (χ3v) is 4.28. The van der Waals surface area contributed by atoms with Crippen molar-refractivity contribution < 1.29 is 4.79 Å². The molecule has 4 aromatic rings. The highest BCUT2D eigenvalue weighted by molar-refractivity contribution is 6.03. The lowest BCUT2D eigenvalue weighted by atomic mass is 10.1. The molecule has 27 heavy (non-hydrogen) atoms. The minimum absolute atomic E-state index is 0.166. The first-order valence-electron chi connectivity index (χ1n) is 8.80. The lowest BCUT2D eigenvalue weighted by molar-refractivity contribution is -0.111. The number of nitrogens with one attached hydrogen (secondary N) is 1. The van der Waals surface area contributed by atoms with Gasteiger partial charge in [-0.05, 0) is 34.5 Å². The van der Waals surface area contributed by atoms with E-state index in [9.17, 15) is 4.79 Å². The summed E-state index contributed by atoms with van der Waals surface area (Å²) in [5.41, 5.74) is 2.85. The fraction of sp³-hybridized carbons (Fsp3) is 0.0435. The normalized spacial score (nSPS) is 11.1. The zero-order valence-electron chi connectivity index (χ0n) is 14.7. The Labute approximate surface area is 157 Å². The van der Waals surface area contributed by atoms with E-state index in [1.165, 1.54) is 11.6 Å². The molecule has 0 aliphatic rings. The molecule has 0 fully saturated rings. The topological polar surface area (TPSA) is 46.9 Å². The number of carbonyl (C=O) groups is 1. The molecule has 4 rings (SSSR count). The minimum atomic E-state index is -0.166. The van der Waals surface area contributed by atoms with Gasteiger partial charge >= 0.3 is 0 Å². The average Bonchev–Trinajstić information content (AvgIpc) is 3.14. The van der Waals surface area contributed by atoms with Crippen LogP contribution in [-0.4, -0.2) is 15.7 Å². The molecule has 0 atom stereocenters. The monoisotopic (exact) mass is 353 g/mol. The van der Waals surface area contributed by atoms with E-state index in [0.29, 0.717) is 6.54 Å². The fourth-order valence-electron chi connectivity index (χ4n) is 2.95. The van der Waals surface area contributed by atoms with Gasteiger partial charge in [-0.25, -0.2) is 0 Å². The van der Waals surface area contributed by atoms with Crippen LogP contribution in [0.4, 0.5) is 5.69 Å². The maximum atomic E-state index is 12.2. The predicted octanol–water partition coefficient (Wildman–Crippen LogP) is 4.74. The van der Waals surface area contributed by atoms with Gasteiger partial charge in [0.05, 0.1) is 12.7 Å². The van der Waals surface area contributed by atoms with Crippen LogP contribution in [0.1, 0.15) is 11.1 Å². The van der Waals surface area contributed by atoms with Crippen molar-refractivity contribution in [3.8, 4) is 0 Å². The molecular formula is C23H19N3O. The molecule has 4 nitrogen and oxygen atoms in total. The van der Waals surface area contributed by atoms with Crippen molar-refractivity contribution in [3.63, 3.8) is 0 Å². The van der Waals surface area contributed by atoms with Gasteiger partial charge in [-0.1, -0.05) is 60.7 Å². The summed E-state index contributed by atoms with van der Waals surface area (Å²) in [6.45, 7) is 0.706. The molecule has 0 aliphatic heterocycles. The van der Waals surface area contributed by atoms with Gasteiger partial charge in [0.2, 0.25) is 5.91 Å². The van der Waals surface area contributed by atoms with Crippen LogP contribution in [-0.2, 0) is 11.3 Å². The van der Waals surface area contributed by atoms with Gasteiger partial charge < -0.3 is 5.32 Å². The van der Waals surface area contributed by atoms with Gasteiger partial charge in [0.25, 0.3) is 0 Å². The van der Waals surface area contributed by atoms with Gasteiger partial charge in [-0.15, -0.1) is 0 Å². The number of hydrogen-bond acceptors (Lipinski definition) is 2. The molecule has 132 valence electrons. The molecule has 0 unspecified atom stereocenters. The summed E-state index contributed by atoms with van der Waals surface area (Å²) in [5.74, 6) is -0.166. The van der Waals surface area contributed by atoms with Crippen molar-refractivity contribution in [2.45, 2.75) is 6.54 Å². The van der Waals surface area contributed by atoms with E-state index < -0.39 is 0 Å². The Hall–Kier alpha value is -3.66. The zero-order valence-corrected chi connectivity index (χ0v) is 14.7. The third-order valence-electron chi connectivity index (χ3n) is 4.28. The van der Waals surface area contributed by atoms with Crippen molar-refractivity contribution in [1.82, 2.24) is 9.78 Å². The van der Waals surface area contributed by atoms with Crippen molar-refractivity contribution in [3.05, 3.63) is 102 Å². The summed E-state index contributed by atoms with van der Waals surface area (Å²) >= 11 is 0. The highest BCUT2D eigenvalue weighted by atomic mass is 16.1. The summed E-state index contributed by atoms with van der Waals surface area (Å²) in [6.07, 6.45) is 6.97. The zero-order chi connectivity index (χ0) is 18.5. The van der Waals surface area contributed by atoms with Crippen LogP contribution >= 0.6 is 0 Å². The molecule has 0 radical (unpaired) electrons. The molecule has 4 heteroatoms. The smallest absolute Gasteiger partial charge is 0.248 e. The Bertz CT molecular complexity index is 1100. The second-order valence-corrected chi connectivity index (χ2v) is 6.34. The number of carbonyl (C=O) groups excluding carboxylic acids is 1. The van der Waals surface area contributed by atoms with Crippen LogP contribution in [0.15, 0.2) is 91.3 Å². The first-order valence-corrected chi connectivity index (χ1v) is 8.80. The van der Waals surface area contributed by atoms with E-state index in [2.05, 4.69) is 22.5 Å². The largest absolute Gasteiger partial charge is 0.322 e. The minimum Gasteiger partial charge on any atom is -0.322 e. The number of hydrogen-bond donors (Lipinski definition) is 1. The summed E-state index contributed by atoms with van der Waals surface area (Å²) in [6, 6.07) is 24.1. The standard InChI is InChI=1S/C23H19N3O/c27-23(25-22-12-11-20-8-4-5-9-21(20)14-22)13-10-19-15-24-26(17-19)16-18-6-2-1-3-7-18/h1-15,17H,16H2,(H,25,27)/b13-10+. The number of amides is 1. The van der Waals surface area contributed by atoms with Crippen LogP contribution < -0.4 is 5.32 Å². The molecular weight excluding hydrogens is 334 g/mol. The van der Waals surface area contributed by atoms with Gasteiger partial charge in [-0.3, -0.25) is 9.48 Å². The Kier molecular flexibility index (Phi) is 4.79. The molecule has 0 aliphatic carbocycles. The van der Waals surface area contributed by atoms with E-state index in [4.69, 9.17) is 0 Å². The predicted molar refractivity (Wildman–Crippen MR) is 109 cm³/mol. The molecule has 0 bridgehead atoms.